The first-order valence-corrected chi connectivity index (χ1v) is 11.4. The first-order chi connectivity index (χ1) is 16.0. The van der Waals surface area contributed by atoms with E-state index in [1.54, 1.807) is 48.4 Å². The SMILES string of the molecule is COc1ccc2sc(N(CCN(C)C)C(=O)c3ccc(C(=O)c4ccccc4)cc3)nc2c1.Cl. The Morgan fingerprint density at radius 3 is 2.18 bits per heavy atom. The Hall–Kier alpha value is -3.26. The lowest BCUT2D eigenvalue weighted by atomic mass is 10.0. The van der Waals surface area contributed by atoms with Gasteiger partial charge in [-0.05, 0) is 38.4 Å². The second kappa shape index (κ2) is 11.2. The van der Waals surface area contributed by atoms with Gasteiger partial charge >= 0.3 is 0 Å². The van der Waals surface area contributed by atoms with Gasteiger partial charge in [0, 0.05) is 35.8 Å². The third-order valence-electron chi connectivity index (χ3n) is 5.26. The minimum atomic E-state index is -0.151. The molecule has 34 heavy (non-hydrogen) atoms. The van der Waals surface area contributed by atoms with E-state index in [2.05, 4.69) is 0 Å². The predicted octanol–water partition coefficient (Wildman–Crippen LogP) is 5.17. The van der Waals surface area contributed by atoms with Gasteiger partial charge in [-0.2, -0.15) is 0 Å². The lowest BCUT2D eigenvalue weighted by Crippen LogP contribution is -2.36. The molecule has 6 nitrogen and oxygen atoms in total. The predicted molar refractivity (Wildman–Crippen MR) is 140 cm³/mol. The topological polar surface area (TPSA) is 62.7 Å². The monoisotopic (exact) mass is 495 g/mol. The van der Waals surface area contributed by atoms with Gasteiger partial charge in [0.15, 0.2) is 10.9 Å². The molecule has 1 heterocycles. The number of amides is 1. The summed E-state index contributed by atoms with van der Waals surface area (Å²) < 4.78 is 6.28. The van der Waals surface area contributed by atoms with Crippen LogP contribution in [0.2, 0.25) is 0 Å². The van der Waals surface area contributed by atoms with Gasteiger partial charge in [-0.3, -0.25) is 14.5 Å². The van der Waals surface area contributed by atoms with Crippen molar-refractivity contribution in [1.82, 2.24) is 9.88 Å². The molecule has 0 saturated heterocycles. The summed E-state index contributed by atoms with van der Waals surface area (Å²) in [6.45, 7) is 1.18. The summed E-state index contributed by atoms with van der Waals surface area (Å²) in [6, 6.07) is 21.6. The van der Waals surface area contributed by atoms with Crippen LogP contribution in [-0.4, -0.2) is 55.9 Å². The Bertz CT molecular complexity index is 1270. The van der Waals surface area contributed by atoms with Crippen LogP contribution in [0.3, 0.4) is 0 Å². The Morgan fingerprint density at radius 1 is 0.882 bits per heavy atom. The fraction of sp³-hybridized carbons (Fsp3) is 0.192. The first-order valence-electron chi connectivity index (χ1n) is 10.6. The Labute approximate surface area is 209 Å². The summed E-state index contributed by atoms with van der Waals surface area (Å²) in [7, 11) is 5.55. The largest absolute Gasteiger partial charge is 0.497 e. The van der Waals surface area contributed by atoms with Gasteiger partial charge in [0.05, 0.1) is 17.3 Å². The molecule has 4 aromatic rings. The lowest BCUT2D eigenvalue weighted by Gasteiger charge is -2.22. The van der Waals surface area contributed by atoms with Gasteiger partial charge in [-0.15, -0.1) is 12.4 Å². The fourth-order valence-electron chi connectivity index (χ4n) is 3.40. The highest BCUT2D eigenvalue weighted by molar-refractivity contribution is 7.22. The van der Waals surface area contributed by atoms with Gasteiger partial charge in [0.25, 0.3) is 5.91 Å². The molecule has 0 aliphatic carbocycles. The van der Waals surface area contributed by atoms with Crippen LogP contribution >= 0.6 is 23.7 Å². The molecule has 0 radical (unpaired) electrons. The summed E-state index contributed by atoms with van der Waals surface area (Å²) >= 11 is 1.47. The lowest BCUT2D eigenvalue weighted by molar-refractivity contribution is 0.0982. The molecular formula is C26H26ClN3O3S. The van der Waals surface area contributed by atoms with Crippen LogP contribution in [0.5, 0.6) is 5.75 Å². The number of likely N-dealkylation sites (N-methyl/N-ethyl adjacent to an activating group) is 1. The highest BCUT2D eigenvalue weighted by Crippen LogP contribution is 2.32. The molecule has 1 amide bonds. The van der Waals surface area contributed by atoms with Crippen LogP contribution in [0.1, 0.15) is 26.3 Å². The number of fused-ring (bicyclic) bond motifs is 1. The van der Waals surface area contributed by atoms with E-state index in [1.165, 1.54) is 11.3 Å². The maximum absolute atomic E-state index is 13.5. The number of hydrogen-bond donors (Lipinski definition) is 0. The van der Waals surface area contributed by atoms with Crippen molar-refractivity contribution in [3.8, 4) is 5.75 Å². The van der Waals surface area contributed by atoms with Gasteiger partial charge in [-0.25, -0.2) is 4.98 Å². The number of nitrogens with zero attached hydrogens (tertiary/aromatic N) is 3. The van der Waals surface area contributed by atoms with Crippen molar-refractivity contribution in [3.63, 3.8) is 0 Å². The number of rotatable bonds is 8. The van der Waals surface area contributed by atoms with Crippen LogP contribution in [0.15, 0.2) is 72.8 Å². The number of aromatic nitrogens is 1. The van der Waals surface area contributed by atoms with Gasteiger partial charge in [0.2, 0.25) is 0 Å². The third-order valence-corrected chi connectivity index (χ3v) is 6.32. The number of carbonyl (C=O) groups excluding carboxylic acids is 2. The van der Waals surface area contributed by atoms with Crippen molar-refractivity contribution in [2.24, 2.45) is 0 Å². The molecule has 0 saturated carbocycles. The van der Waals surface area contributed by atoms with Crippen LogP contribution in [-0.2, 0) is 0 Å². The van der Waals surface area contributed by atoms with Crippen molar-refractivity contribution in [2.45, 2.75) is 0 Å². The Balaban J connectivity index is 0.00000324. The zero-order valence-corrected chi connectivity index (χ0v) is 20.9. The highest BCUT2D eigenvalue weighted by atomic mass is 35.5. The number of ether oxygens (including phenoxy) is 1. The molecule has 1 aromatic heterocycles. The summed E-state index contributed by atoms with van der Waals surface area (Å²) in [5, 5.41) is 0.634. The number of anilines is 1. The average Bonchev–Trinajstić information content (AvgIpc) is 3.27. The van der Waals surface area contributed by atoms with Crippen LogP contribution in [0, 0.1) is 0 Å². The Kier molecular flexibility index (Phi) is 8.39. The first kappa shape index (κ1) is 25.4. The molecule has 0 aliphatic heterocycles. The molecule has 3 aromatic carbocycles. The van der Waals surface area contributed by atoms with E-state index in [9.17, 15) is 9.59 Å². The molecule has 0 N–H and O–H groups in total. The van der Waals surface area contributed by atoms with E-state index in [0.717, 1.165) is 16.0 Å². The molecule has 176 valence electrons. The van der Waals surface area contributed by atoms with Crippen molar-refractivity contribution in [3.05, 3.63) is 89.5 Å². The van der Waals surface area contributed by atoms with Crippen molar-refractivity contribution in [1.29, 1.82) is 0 Å². The van der Waals surface area contributed by atoms with Crippen LogP contribution in [0.25, 0.3) is 10.2 Å². The molecule has 0 aliphatic rings. The van der Waals surface area contributed by atoms with Crippen molar-refractivity contribution < 1.29 is 14.3 Å². The average molecular weight is 496 g/mol. The van der Waals surface area contributed by atoms with Gasteiger partial charge in [-0.1, -0.05) is 53.8 Å². The number of hydrogen-bond acceptors (Lipinski definition) is 6. The minimum Gasteiger partial charge on any atom is -0.497 e. The van der Waals surface area contributed by atoms with E-state index in [1.807, 2.05) is 55.4 Å². The van der Waals surface area contributed by atoms with E-state index in [0.29, 0.717) is 34.9 Å². The Morgan fingerprint density at radius 2 is 1.53 bits per heavy atom. The summed E-state index contributed by atoms with van der Waals surface area (Å²) in [6.07, 6.45) is 0. The second-order valence-electron chi connectivity index (χ2n) is 7.86. The minimum absolute atomic E-state index is 0. The zero-order valence-electron chi connectivity index (χ0n) is 19.2. The standard InChI is InChI=1S/C26H25N3O3S.ClH/c1-28(2)15-16-29(26-27-22-17-21(32-3)13-14-23(22)33-26)25(31)20-11-9-19(10-12-20)24(30)18-7-5-4-6-8-18;/h4-14,17H,15-16H2,1-3H3;1H. The summed E-state index contributed by atoms with van der Waals surface area (Å²) in [4.78, 5) is 34.6. The van der Waals surface area contributed by atoms with Crippen molar-refractivity contribution in [2.75, 3.05) is 39.2 Å². The maximum Gasteiger partial charge on any atom is 0.260 e. The number of benzene rings is 3. The van der Waals surface area contributed by atoms with E-state index >= 15 is 0 Å². The number of carbonyl (C=O) groups is 2. The highest BCUT2D eigenvalue weighted by Gasteiger charge is 2.22. The zero-order chi connectivity index (χ0) is 23.4. The second-order valence-corrected chi connectivity index (χ2v) is 8.87. The quantitative estimate of drug-likeness (QED) is 0.316. The van der Waals surface area contributed by atoms with Crippen LogP contribution < -0.4 is 9.64 Å². The number of methoxy groups -OCH3 is 1. The molecule has 0 atom stereocenters. The summed E-state index contributed by atoms with van der Waals surface area (Å²) in [5.41, 5.74) is 2.47. The molecule has 0 bridgehead atoms. The van der Waals surface area contributed by atoms with Gasteiger partial charge in [0.1, 0.15) is 5.75 Å². The third kappa shape index (κ3) is 5.62. The van der Waals surface area contributed by atoms with Crippen LogP contribution in [0.4, 0.5) is 5.13 Å². The van der Waals surface area contributed by atoms with Crippen molar-refractivity contribution >= 4 is 50.8 Å². The number of halogens is 1. The number of thiazole rings is 1. The number of ketones is 1. The molecule has 0 unspecified atom stereocenters. The van der Waals surface area contributed by atoms with E-state index in [-0.39, 0.29) is 24.1 Å². The molecular weight excluding hydrogens is 470 g/mol. The van der Waals surface area contributed by atoms with Gasteiger partial charge < -0.3 is 9.64 Å². The maximum atomic E-state index is 13.5. The molecule has 4 rings (SSSR count). The van der Waals surface area contributed by atoms with E-state index in [4.69, 9.17) is 9.72 Å². The van der Waals surface area contributed by atoms with E-state index < -0.39 is 0 Å². The molecule has 0 spiro atoms. The smallest absolute Gasteiger partial charge is 0.260 e. The normalized spacial score (nSPS) is 10.7. The molecule has 0 fully saturated rings. The summed E-state index contributed by atoms with van der Waals surface area (Å²) in [5.74, 6) is 0.505. The fourth-order valence-corrected chi connectivity index (χ4v) is 4.37. The molecule has 8 heteroatoms.